The molecule has 2 aromatic rings. The van der Waals surface area contributed by atoms with Gasteiger partial charge < -0.3 is 10.2 Å². The van der Waals surface area contributed by atoms with Crippen LogP contribution in [0.5, 0.6) is 0 Å². The molecule has 0 spiro atoms. The van der Waals surface area contributed by atoms with Crippen LogP contribution in [-0.4, -0.2) is 28.6 Å². The van der Waals surface area contributed by atoms with Gasteiger partial charge in [-0.3, -0.25) is 9.59 Å². The number of nitrogens with one attached hydrogen (secondary N) is 1. The lowest BCUT2D eigenvalue weighted by Gasteiger charge is -2.37. The van der Waals surface area contributed by atoms with E-state index < -0.39 is 11.9 Å². The van der Waals surface area contributed by atoms with Gasteiger partial charge in [0, 0.05) is 12.6 Å². The maximum Gasteiger partial charge on any atom is 0.247 e. The van der Waals surface area contributed by atoms with Gasteiger partial charge in [0.1, 0.15) is 17.7 Å². The van der Waals surface area contributed by atoms with Crippen LogP contribution in [-0.2, 0) is 16.1 Å². The van der Waals surface area contributed by atoms with Crippen molar-refractivity contribution in [3.63, 3.8) is 0 Å². The number of halogens is 2. The van der Waals surface area contributed by atoms with E-state index >= 15 is 0 Å². The molecule has 166 valence electrons. The summed E-state index contributed by atoms with van der Waals surface area (Å²) in [7, 11) is 0. The molecular weight excluding hydrogens is 415 g/mol. The molecule has 1 N–H and O–H groups in total. The van der Waals surface area contributed by atoms with Crippen molar-refractivity contribution in [3.8, 4) is 0 Å². The SMILES string of the molecule is C[C@H]1[C@H](C)CCC[C@@H]1NC(=O)[C@@H](c1ccc(F)cc1)N(Cc1ccccc1)C(=O)CCl. The number of benzene rings is 2. The molecule has 1 aliphatic carbocycles. The first kappa shape index (κ1) is 23.3. The van der Waals surface area contributed by atoms with Gasteiger partial charge in [-0.05, 0) is 41.5 Å². The molecule has 31 heavy (non-hydrogen) atoms. The van der Waals surface area contributed by atoms with E-state index in [9.17, 15) is 14.0 Å². The first-order valence-electron chi connectivity index (χ1n) is 10.9. The molecule has 0 saturated heterocycles. The summed E-state index contributed by atoms with van der Waals surface area (Å²) in [6.07, 6.45) is 3.13. The van der Waals surface area contributed by atoms with Crippen LogP contribution in [0.2, 0.25) is 0 Å². The minimum Gasteiger partial charge on any atom is -0.351 e. The highest BCUT2D eigenvalue weighted by molar-refractivity contribution is 6.27. The molecular formula is C25H30ClFN2O2. The number of amides is 2. The van der Waals surface area contributed by atoms with E-state index in [1.54, 1.807) is 12.1 Å². The lowest BCUT2D eigenvalue weighted by molar-refractivity contribution is -0.140. The van der Waals surface area contributed by atoms with Crippen molar-refractivity contribution in [2.75, 3.05) is 5.88 Å². The maximum atomic E-state index is 13.6. The zero-order valence-electron chi connectivity index (χ0n) is 18.1. The predicted octanol–water partition coefficient (Wildman–Crippen LogP) is 5.08. The van der Waals surface area contributed by atoms with Crippen molar-refractivity contribution >= 4 is 23.4 Å². The Hall–Kier alpha value is -2.40. The number of alkyl halides is 1. The van der Waals surface area contributed by atoms with Gasteiger partial charge in [-0.15, -0.1) is 11.6 Å². The maximum absolute atomic E-state index is 13.6. The number of nitrogens with zero attached hydrogens (tertiary/aromatic N) is 1. The van der Waals surface area contributed by atoms with E-state index in [2.05, 4.69) is 19.2 Å². The molecule has 4 atom stereocenters. The lowest BCUT2D eigenvalue weighted by atomic mass is 9.78. The summed E-state index contributed by atoms with van der Waals surface area (Å²) in [4.78, 5) is 27.9. The molecule has 2 amide bonds. The fourth-order valence-electron chi connectivity index (χ4n) is 4.35. The molecule has 0 bridgehead atoms. The monoisotopic (exact) mass is 444 g/mol. The molecule has 1 saturated carbocycles. The average Bonchev–Trinajstić information content (AvgIpc) is 2.78. The number of carbonyl (C=O) groups is 2. The summed E-state index contributed by atoms with van der Waals surface area (Å²) >= 11 is 5.93. The van der Waals surface area contributed by atoms with Gasteiger partial charge in [0.15, 0.2) is 0 Å². The Labute approximate surface area is 188 Å². The first-order valence-corrected chi connectivity index (χ1v) is 11.4. The highest BCUT2D eigenvalue weighted by Crippen LogP contribution is 2.31. The predicted molar refractivity (Wildman–Crippen MR) is 121 cm³/mol. The zero-order valence-corrected chi connectivity index (χ0v) is 18.8. The number of hydrogen-bond donors (Lipinski definition) is 1. The third-order valence-corrected chi connectivity index (χ3v) is 6.64. The van der Waals surface area contributed by atoms with Crippen LogP contribution in [0.25, 0.3) is 0 Å². The van der Waals surface area contributed by atoms with Crippen molar-refractivity contribution in [1.82, 2.24) is 10.2 Å². The summed E-state index contributed by atoms with van der Waals surface area (Å²) < 4.78 is 13.6. The van der Waals surface area contributed by atoms with Gasteiger partial charge in [0.2, 0.25) is 11.8 Å². The molecule has 0 heterocycles. The zero-order chi connectivity index (χ0) is 22.4. The van der Waals surface area contributed by atoms with Gasteiger partial charge in [-0.1, -0.05) is 69.2 Å². The lowest BCUT2D eigenvalue weighted by Crippen LogP contribution is -2.50. The molecule has 0 unspecified atom stereocenters. The van der Waals surface area contributed by atoms with Crippen molar-refractivity contribution in [1.29, 1.82) is 0 Å². The summed E-state index contributed by atoms with van der Waals surface area (Å²) in [5, 5.41) is 3.19. The minimum absolute atomic E-state index is 0.0453. The van der Waals surface area contributed by atoms with Crippen molar-refractivity contribution < 1.29 is 14.0 Å². The van der Waals surface area contributed by atoms with Gasteiger partial charge >= 0.3 is 0 Å². The Morgan fingerprint density at radius 2 is 1.77 bits per heavy atom. The van der Waals surface area contributed by atoms with Gasteiger partial charge in [-0.25, -0.2) is 4.39 Å². The Morgan fingerprint density at radius 3 is 2.42 bits per heavy atom. The molecule has 6 heteroatoms. The minimum atomic E-state index is -0.892. The fourth-order valence-corrected chi connectivity index (χ4v) is 4.50. The van der Waals surface area contributed by atoms with Crippen LogP contribution >= 0.6 is 11.6 Å². The third kappa shape index (κ3) is 5.85. The van der Waals surface area contributed by atoms with Crippen molar-refractivity contribution in [2.45, 2.75) is 51.7 Å². The second kappa shape index (κ2) is 10.8. The Kier molecular flexibility index (Phi) is 8.08. The Balaban J connectivity index is 1.94. The van der Waals surface area contributed by atoms with Crippen molar-refractivity contribution in [2.24, 2.45) is 11.8 Å². The molecule has 0 aliphatic heterocycles. The molecule has 2 aromatic carbocycles. The van der Waals surface area contributed by atoms with E-state index in [1.807, 2.05) is 30.3 Å². The van der Waals surface area contributed by atoms with Crippen LogP contribution in [0.3, 0.4) is 0 Å². The highest BCUT2D eigenvalue weighted by atomic mass is 35.5. The van der Waals surface area contributed by atoms with Gasteiger partial charge in [-0.2, -0.15) is 0 Å². The van der Waals surface area contributed by atoms with E-state index in [4.69, 9.17) is 11.6 Å². The van der Waals surface area contributed by atoms with Crippen LogP contribution in [0.1, 0.15) is 50.3 Å². The number of hydrogen-bond acceptors (Lipinski definition) is 2. The molecule has 0 aromatic heterocycles. The van der Waals surface area contributed by atoms with E-state index in [0.717, 1.165) is 24.8 Å². The quantitative estimate of drug-likeness (QED) is 0.606. The molecule has 1 fully saturated rings. The second-order valence-corrected chi connectivity index (χ2v) is 8.74. The van der Waals surface area contributed by atoms with E-state index in [0.29, 0.717) is 17.4 Å². The summed E-state index contributed by atoms with van der Waals surface area (Å²) in [6.45, 7) is 4.60. The first-order chi connectivity index (χ1) is 14.9. The van der Waals surface area contributed by atoms with Crippen LogP contribution in [0.15, 0.2) is 54.6 Å². The summed E-state index contributed by atoms with van der Waals surface area (Å²) in [6, 6.07) is 14.4. The Morgan fingerprint density at radius 1 is 1.10 bits per heavy atom. The molecule has 1 aliphatic rings. The average molecular weight is 445 g/mol. The fraction of sp³-hybridized carbons (Fsp3) is 0.440. The smallest absolute Gasteiger partial charge is 0.247 e. The summed E-state index contributed by atoms with van der Waals surface area (Å²) in [5.41, 5.74) is 1.45. The molecule has 4 nitrogen and oxygen atoms in total. The van der Waals surface area contributed by atoms with Crippen LogP contribution < -0.4 is 5.32 Å². The topological polar surface area (TPSA) is 49.4 Å². The Bertz CT molecular complexity index is 875. The largest absolute Gasteiger partial charge is 0.351 e. The van der Waals surface area contributed by atoms with Crippen molar-refractivity contribution in [3.05, 3.63) is 71.5 Å². The van der Waals surface area contributed by atoms with Crippen LogP contribution in [0, 0.1) is 17.7 Å². The standard InChI is InChI=1S/C25H30ClFN2O2/c1-17-7-6-10-22(18(17)2)28-25(31)24(20-11-13-21(27)14-12-20)29(23(30)15-26)16-19-8-4-3-5-9-19/h3-5,8-9,11-14,17-18,22,24H,6-7,10,15-16H2,1-2H3,(H,28,31)/t17-,18+,22+,24-/m1/s1. The number of carbonyl (C=O) groups excluding carboxylic acids is 2. The normalized spacial score (nSPS) is 21.9. The highest BCUT2D eigenvalue weighted by Gasteiger charge is 2.35. The van der Waals surface area contributed by atoms with Gasteiger partial charge in [0.25, 0.3) is 0 Å². The number of rotatable bonds is 7. The third-order valence-electron chi connectivity index (χ3n) is 6.41. The summed E-state index contributed by atoms with van der Waals surface area (Å²) in [5.74, 6) is -0.372. The van der Waals surface area contributed by atoms with E-state index in [-0.39, 0.29) is 30.3 Å². The van der Waals surface area contributed by atoms with Crippen LogP contribution in [0.4, 0.5) is 4.39 Å². The van der Waals surface area contributed by atoms with E-state index in [1.165, 1.54) is 17.0 Å². The van der Waals surface area contributed by atoms with Gasteiger partial charge in [0.05, 0.1) is 0 Å². The molecule has 3 rings (SSSR count). The molecule has 0 radical (unpaired) electrons. The second-order valence-electron chi connectivity index (χ2n) is 8.48.